The molecule has 0 spiro atoms. The van der Waals surface area contributed by atoms with Crippen molar-refractivity contribution >= 4 is 40.5 Å². The van der Waals surface area contributed by atoms with Gasteiger partial charge < -0.3 is 5.73 Å². The third-order valence-electron chi connectivity index (χ3n) is 2.40. The van der Waals surface area contributed by atoms with Crippen LogP contribution in [-0.4, -0.2) is 38.5 Å². The van der Waals surface area contributed by atoms with Crippen LogP contribution in [0.15, 0.2) is 12.7 Å². The molecule has 92 valence electrons. The van der Waals surface area contributed by atoms with E-state index in [4.69, 9.17) is 5.73 Å². The SMILES string of the molecule is CSCCSCC[n+]1c[nH]c2c(N)ncnc21. The molecule has 2 heterocycles. The fraction of sp³-hybridized carbons (Fsp3) is 0.500. The number of nitrogens with two attached hydrogens (primary N) is 1. The van der Waals surface area contributed by atoms with Crippen molar-refractivity contribution in [2.75, 3.05) is 29.2 Å². The molecular weight excluding hydrogens is 254 g/mol. The summed E-state index contributed by atoms with van der Waals surface area (Å²) in [4.78, 5) is 11.3. The molecule has 0 saturated carbocycles. The summed E-state index contributed by atoms with van der Waals surface area (Å²) in [7, 11) is 0. The predicted molar refractivity (Wildman–Crippen MR) is 74.2 cm³/mol. The fourth-order valence-electron chi connectivity index (χ4n) is 1.53. The normalized spacial score (nSPS) is 11.1. The molecule has 0 amide bonds. The first-order valence-electron chi connectivity index (χ1n) is 5.36. The fourth-order valence-corrected chi connectivity index (χ4v) is 3.19. The number of hydrogen-bond donors (Lipinski definition) is 2. The first kappa shape index (κ1) is 12.5. The van der Waals surface area contributed by atoms with Crippen LogP contribution in [0, 0.1) is 0 Å². The summed E-state index contributed by atoms with van der Waals surface area (Å²) < 4.78 is 2.08. The predicted octanol–water partition coefficient (Wildman–Crippen LogP) is 0.924. The first-order valence-corrected chi connectivity index (χ1v) is 7.91. The summed E-state index contributed by atoms with van der Waals surface area (Å²) in [6.45, 7) is 0.940. The van der Waals surface area contributed by atoms with Crippen molar-refractivity contribution in [3.63, 3.8) is 0 Å². The molecule has 0 aliphatic rings. The number of H-pyrrole nitrogens is 1. The summed E-state index contributed by atoms with van der Waals surface area (Å²) in [5.74, 6) is 3.99. The Morgan fingerprint density at radius 1 is 1.35 bits per heavy atom. The number of anilines is 1. The molecule has 0 aliphatic carbocycles. The maximum Gasteiger partial charge on any atom is 0.307 e. The molecule has 0 aliphatic heterocycles. The van der Waals surface area contributed by atoms with Crippen molar-refractivity contribution in [1.29, 1.82) is 0 Å². The minimum Gasteiger partial charge on any atom is -0.380 e. The average molecular weight is 270 g/mol. The van der Waals surface area contributed by atoms with Gasteiger partial charge in [-0.1, -0.05) is 4.98 Å². The van der Waals surface area contributed by atoms with E-state index in [1.54, 1.807) is 0 Å². The molecule has 0 unspecified atom stereocenters. The van der Waals surface area contributed by atoms with E-state index in [2.05, 4.69) is 25.8 Å². The summed E-state index contributed by atoms with van der Waals surface area (Å²) in [6, 6.07) is 0. The van der Waals surface area contributed by atoms with Crippen LogP contribution < -0.4 is 10.3 Å². The molecular formula is C10H16N5S2+. The number of aromatic amines is 1. The lowest BCUT2D eigenvalue weighted by molar-refractivity contribution is -0.668. The van der Waals surface area contributed by atoms with Gasteiger partial charge in [-0.05, 0) is 6.26 Å². The molecule has 0 atom stereocenters. The number of hydrogen-bond acceptors (Lipinski definition) is 5. The van der Waals surface area contributed by atoms with Gasteiger partial charge in [0.1, 0.15) is 0 Å². The molecule has 2 aromatic heterocycles. The number of aryl methyl sites for hydroxylation is 1. The van der Waals surface area contributed by atoms with Gasteiger partial charge in [0.25, 0.3) is 0 Å². The van der Waals surface area contributed by atoms with E-state index in [1.165, 1.54) is 17.8 Å². The number of rotatable bonds is 6. The highest BCUT2D eigenvalue weighted by Crippen LogP contribution is 2.10. The molecule has 0 saturated heterocycles. The van der Waals surface area contributed by atoms with Gasteiger partial charge in [-0.3, -0.25) is 4.98 Å². The second-order valence-corrected chi connectivity index (χ2v) is 5.74. The van der Waals surface area contributed by atoms with Gasteiger partial charge in [0.15, 0.2) is 18.5 Å². The second-order valence-electron chi connectivity index (χ2n) is 3.53. The number of nitrogens with one attached hydrogen (secondary N) is 1. The zero-order valence-electron chi connectivity index (χ0n) is 9.72. The Morgan fingerprint density at radius 2 is 2.24 bits per heavy atom. The van der Waals surface area contributed by atoms with Crippen LogP contribution in [-0.2, 0) is 6.54 Å². The molecule has 17 heavy (non-hydrogen) atoms. The standard InChI is InChI=1S/C10H15N5S2/c1-16-4-5-17-3-2-15-7-14-8-9(11)12-6-13-10(8)15/h6-7H,2-5H2,1H3,(H2,11,12,13)/p+1. The smallest absolute Gasteiger partial charge is 0.307 e. The van der Waals surface area contributed by atoms with Crippen LogP contribution >= 0.6 is 23.5 Å². The van der Waals surface area contributed by atoms with E-state index < -0.39 is 0 Å². The van der Waals surface area contributed by atoms with E-state index in [9.17, 15) is 0 Å². The lowest BCUT2D eigenvalue weighted by Gasteiger charge is -1.98. The van der Waals surface area contributed by atoms with Gasteiger partial charge in [0.05, 0.1) is 6.54 Å². The van der Waals surface area contributed by atoms with E-state index in [1.807, 2.05) is 29.9 Å². The van der Waals surface area contributed by atoms with E-state index in [-0.39, 0.29) is 0 Å². The van der Waals surface area contributed by atoms with E-state index in [0.717, 1.165) is 23.5 Å². The summed E-state index contributed by atoms with van der Waals surface area (Å²) >= 11 is 3.84. The Hall–Kier alpha value is -0.950. The van der Waals surface area contributed by atoms with Crippen LogP contribution in [0.25, 0.3) is 11.2 Å². The zero-order valence-corrected chi connectivity index (χ0v) is 11.4. The lowest BCUT2D eigenvalue weighted by Crippen LogP contribution is -2.34. The van der Waals surface area contributed by atoms with Crippen LogP contribution in [0.3, 0.4) is 0 Å². The zero-order chi connectivity index (χ0) is 12.1. The number of fused-ring (bicyclic) bond motifs is 1. The minimum atomic E-state index is 0.504. The molecule has 7 heteroatoms. The van der Waals surface area contributed by atoms with Gasteiger partial charge in [0, 0.05) is 17.3 Å². The lowest BCUT2D eigenvalue weighted by atomic mass is 10.5. The van der Waals surface area contributed by atoms with Gasteiger partial charge in [0.2, 0.25) is 5.52 Å². The minimum absolute atomic E-state index is 0.504. The van der Waals surface area contributed by atoms with Crippen LogP contribution in [0.1, 0.15) is 0 Å². The average Bonchev–Trinajstić information content (AvgIpc) is 2.74. The third-order valence-corrected chi connectivity index (χ3v) is 4.24. The molecule has 5 nitrogen and oxygen atoms in total. The summed E-state index contributed by atoms with van der Waals surface area (Å²) in [5, 5.41) is 0. The van der Waals surface area contributed by atoms with E-state index in [0.29, 0.717) is 5.82 Å². The van der Waals surface area contributed by atoms with Crippen molar-refractivity contribution in [3.05, 3.63) is 12.7 Å². The maximum absolute atomic E-state index is 5.76. The molecule has 0 radical (unpaired) electrons. The van der Waals surface area contributed by atoms with Crippen LogP contribution in [0.5, 0.6) is 0 Å². The Kier molecular flexibility index (Phi) is 4.49. The highest BCUT2D eigenvalue weighted by Gasteiger charge is 2.13. The highest BCUT2D eigenvalue weighted by molar-refractivity contribution is 8.02. The van der Waals surface area contributed by atoms with Crippen molar-refractivity contribution in [3.8, 4) is 0 Å². The van der Waals surface area contributed by atoms with Crippen molar-refractivity contribution in [1.82, 2.24) is 15.0 Å². The Bertz CT molecular complexity index is 485. The molecule has 2 rings (SSSR count). The van der Waals surface area contributed by atoms with Gasteiger partial charge >= 0.3 is 5.65 Å². The van der Waals surface area contributed by atoms with Crippen LogP contribution in [0.2, 0.25) is 0 Å². The Labute approximate surface area is 109 Å². The molecule has 3 N–H and O–H groups in total. The van der Waals surface area contributed by atoms with Crippen molar-refractivity contribution in [2.45, 2.75) is 6.54 Å². The molecule has 0 fully saturated rings. The van der Waals surface area contributed by atoms with E-state index >= 15 is 0 Å². The van der Waals surface area contributed by atoms with Gasteiger partial charge in [-0.25, -0.2) is 4.57 Å². The molecule has 0 aromatic carbocycles. The number of nitrogens with zero attached hydrogens (tertiary/aromatic N) is 3. The number of nitrogen functional groups attached to an aromatic ring is 1. The number of thioether (sulfide) groups is 2. The van der Waals surface area contributed by atoms with Crippen LogP contribution in [0.4, 0.5) is 5.82 Å². The Balaban J connectivity index is 1.97. The topological polar surface area (TPSA) is 71.5 Å². The summed E-state index contributed by atoms with van der Waals surface area (Å²) in [5.41, 5.74) is 7.46. The Morgan fingerprint density at radius 3 is 3.06 bits per heavy atom. The van der Waals surface area contributed by atoms with Crippen molar-refractivity contribution < 1.29 is 4.57 Å². The largest absolute Gasteiger partial charge is 0.380 e. The first-order chi connectivity index (χ1) is 8.33. The highest BCUT2D eigenvalue weighted by atomic mass is 32.2. The molecule has 2 aromatic rings. The number of imidazole rings is 1. The van der Waals surface area contributed by atoms with Crippen molar-refractivity contribution in [2.24, 2.45) is 0 Å². The third kappa shape index (κ3) is 3.04. The quantitative estimate of drug-likeness (QED) is 0.603. The second kappa shape index (κ2) is 6.11. The maximum atomic E-state index is 5.76. The molecule has 0 bridgehead atoms. The monoisotopic (exact) mass is 270 g/mol. The van der Waals surface area contributed by atoms with Gasteiger partial charge in [-0.15, -0.1) is 0 Å². The number of aromatic nitrogens is 4. The summed E-state index contributed by atoms with van der Waals surface area (Å²) in [6.07, 6.45) is 5.54. The van der Waals surface area contributed by atoms with Gasteiger partial charge in [-0.2, -0.15) is 28.5 Å².